The van der Waals surface area contributed by atoms with Crippen LogP contribution in [0.3, 0.4) is 0 Å². The first-order chi connectivity index (χ1) is 12.2. The lowest BCUT2D eigenvalue weighted by atomic mass is 9.99. The van der Waals surface area contributed by atoms with Crippen molar-refractivity contribution in [3.63, 3.8) is 0 Å². The Balaban J connectivity index is 0.00000338. The van der Waals surface area contributed by atoms with E-state index in [1.54, 1.807) is 7.11 Å². The second-order valence-corrected chi connectivity index (χ2v) is 7.82. The molecule has 0 saturated carbocycles. The summed E-state index contributed by atoms with van der Waals surface area (Å²) in [5.74, 6) is 2.86. The third kappa shape index (κ3) is 7.15. The van der Waals surface area contributed by atoms with Crippen LogP contribution in [0.25, 0.3) is 0 Å². The van der Waals surface area contributed by atoms with Crippen LogP contribution in [0.2, 0.25) is 0 Å². The van der Waals surface area contributed by atoms with Gasteiger partial charge in [0, 0.05) is 36.6 Å². The lowest BCUT2D eigenvalue weighted by molar-refractivity contribution is 0.0782. The second-order valence-electron chi connectivity index (χ2n) is 6.09. The molecular weight excluding hydrogens is 461 g/mol. The lowest BCUT2D eigenvalue weighted by Gasteiger charge is -2.37. The second kappa shape index (κ2) is 12.7. The molecule has 0 bridgehead atoms. The first-order valence-electron chi connectivity index (χ1n) is 9.09. The zero-order chi connectivity index (χ0) is 18.0. The Hall–Kier alpha value is -0.670. The summed E-state index contributed by atoms with van der Waals surface area (Å²) in [6.07, 6.45) is 2.18. The maximum atomic E-state index is 5.56. The van der Waals surface area contributed by atoms with Crippen LogP contribution in [0, 0.1) is 0 Å². The van der Waals surface area contributed by atoms with Gasteiger partial charge in [-0.15, -0.1) is 24.0 Å². The number of aliphatic imine (C=N–C) groups is 1. The number of para-hydroxylation sites is 1. The van der Waals surface area contributed by atoms with E-state index < -0.39 is 0 Å². The number of nitrogens with zero attached hydrogens (tertiary/aromatic N) is 1. The number of ether oxygens (including phenoxy) is 2. The highest BCUT2D eigenvalue weighted by Crippen LogP contribution is 2.34. The summed E-state index contributed by atoms with van der Waals surface area (Å²) in [6, 6.07) is 8.02. The summed E-state index contributed by atoms with van der Waals surface area (Å²) in [6.45, 7) is 8.36. The number of hydrogen-bond donors (Lipinski definition) is 2. The molecule has 7 heteroatoms. The molecule has 0 atom stereocenters. The number of rotatable bonds is 8. The molecule has 1 heterocycles. The van der Waals surface area contributed by atoms with E-state index in [0.717, 1.165) is 62.2 Å². The van der Waals surface area contributed by atoms with Gasteiger partial charge in [-0.2, -0.15) is 11.8 Å². The molecule has 1 aliphatic rings. The molecule has 0 radical (unpaired) electrons. The van der Waals surface area contributed by atoms with E-state index in [-0.39, 0.29) is 28.7 Å². The summed E-state index contributed by atoms with van der Waals surface area (Å²) in [5, 5.41) is 6.89. The number of halogens is 1. The zero-order valence-electron chi connectivity index (χ0n) is 16.0. The van der Waals surface area contributed by atoms with Gasteiger partial charge in [-0.3, -0.25) is 0 Å². The monoisotopic (exact) mass is 493 g/mol. The Labute approximate surface area is 179 Å². The summed E-state index contributed by atoms with van der Waals surface area (Å²) < 4.78 is 11.2. The minimum Gasteiger partial charge on any atom is -0.496 e. The van der Waals surface area contributed by atoms with Gasteiger partial charge in [0.2, 0.25) is 0 Å². The maximum Gasteiger partial charge on any atom is 0.191 e. The average Bonchev–Trinajstić information content (AvgIpc) is 2.65. The first kappa shape index (κ1) is 23.4. The number of nitrogens with one attached hydrogen (secondary N) is 2. The van der Waals surface area contributed by atoms with E-state index in [0.29, 0.717) is 6.54 Å². The Bertz CT molecular complexity index is 546. The Morgan fingerprint density at radius 1 is 1.23 bits per heavy atom. The molecule has 0 aromatic heterocycles. The highest BCUT2D eigenvalue weighted by molar-refractivity contribution is 14.0. The third-order valence-corrected chi connectivity index (χ3v) is 5.83. The van der Waals surface area contributed by atoms with Crippen LogP contribution < -0.4 is 15.4 Å². The molecule has 0 amide bonds. The third-order valence-electron chi connectivity index (χ3n) is 4.38. The predicted molar refractivity (Wildman–Crippen MR) is 122 cm³/mol. The topological polar surface area (TPSA) is 54.9 Å². The quantitative estimate of drug-likeness (QED) is 0.329. The Morgan fingerprint density at radius 2 is 1.96 bits per heavy atom. The van der Waals surface area contributed by atoms with Crippen molar-refractivity contribution in [1.82, 2.24) is 10.6 Å². The van der Waals surface area contributed by atoms with Gasteiger partial charge in [0.1, 0.15) is 5.75 Å². The number of hydrogen-bond acceptors (Lipinski definition) is 4. The average molecular weight is 493 g/mol. The van der Waals surface area contributed by atoms with Gasteiger partial charge < -0.3 is 20.1 Å². The number of guanidine groups is 1. The number of methoxy groups -OCH3 is 1. The van der Waals surface area contributed by atoms with Crippen LogP contribution in [-0.2, 0) is 11.3 Å². The van der Waals surface area contributed by atoms with Gasteiger partial charge in [-0.25, -0.2) is 4.99 Å². The number of thioether (sulfide) groups is 1. The largest absolute Gasteiger partial charge is 0.496 e. The fourth-order valence-corrected chi connectivity index (χ4v) is 4.25. The Kier molecular flexibility index (Phi) is 11.4. The predicted octanol–water partition coefficient (Wildman–Crippen LogP) is 3.67. The van der Waals surface area contributed by atoms with Crippen molar-refractivity contribution < 1.29 is 9.47 Å². The van der Waals surface area contributed by atoms with Crippen LogP contribution in [0.4, 0.5) is 0 Å². The van der Waals surface area contributed by atoms with Crippen LogP contribution in [0.5, 0.6) is 5.75 Å². The van der Waals surface area contributed by atoms with Crippen LogP contribution >= 0.6 is 35.7 Å². The molecule has 1 aromatic rings. The minimum atomic E-state index is 0. The molecule has 2 rings (SSSR count). The van der Waals surface area contributed by atoms with E-state index in [9.17, 15) is 0 Å². The van der Waals surface area contributed by atoms with Crippen molar-refractivity contribution in [2.75, 3.05) is 39.2 Å². The highest BCUT2D eigenvalue weighted by Gasteiger charge is 2.32. The SMILES string of the molecule is CCNC(=NCc1ccccc1OC)NCC1(SCC)CCOCC1.I. The molecule has 0 spiro atoms. The lowest BCUT2D eigenvalue weighted by Crippen LogP contribution is -2.48. The van der Waals surface area contributed by atoms with Crippen molar-refractivity contribution in [1.29, 1.82) is 0 Å². The summed E-state index contributed by atoms with van der Waals surface area (Å²) in [5.41, 5.74) is 1.09. The van der Waals surface area contributed by atoms with Gasteiger partial charge in [-0.05, 0) is 31.6 Å². The van der Waals surface area contributed by atoms with Crippen molar-refractivity contribution in [3.05, 3.63) is 29.8 Å². The number of benzene rings is 1. The molecule has 0 unspecified atom stereocenters. The summed E-state index contributed by atoms with van der Waals surface area (Å²) >= 11 is 2.04. The van der Waals surface area contributed by atoms with E-state index in [2.05, 4.69) is 30.5 Å². The molecule has 1 fully saturated rings. The van der Waals surface area contributed by atoms with Gasteiger partial charge >= 0.3 is 0 Å². The molecule has 148 valence electrons. The fourth-order valence-electron chi connectivity index (χ4n) is 3.01. The summed E-state index contributed by atoms with van der Waals surface area (Å²) in [7, 11) is 1.70. The van der Waals surface area contributed by atoms with Crippen molar-refractivity contribution in [2.24, 2.45) is 4.99 Å². The van der Waals surface area contributed by atoms with Crippen molar-refractivity contribution in [2.45, 2.75) is 38.0 Å². The molecule has 0 aliphatic carbocycles. The van der Waals surface area contributed by atoms with Crippen molar-refractivity contribution >= 4 is 41.7 Å². The van der Waals surface area contributed by atoms with Gasteiger partial charge in [-0.1, -0.05) is 25.1 Å². The smallest absolute Gasteiger partial charge is 0.191 e. The highest BCUT2D eigenvalue weighted by atomic mass is 127. The Morgan fingerprint density at radius 3 is 2.62 bits per heavy atom. The van der Waals surface area contributed by atoms with Crippen molar-refractivity contribution in [3.8, 4) is 5.75 Å². The summed E-state index contributed by atoms with van der Waals surface area (Å²) in [4.78, 5) is 4.74. The van der Waals surface area contributed by atoms with Gasteiger partial charge in [0.15, 0.2) is 5.96 Å². The molecule has 1 aliphatic heterocycles. The molecule has 5 nitrogen and oxygen atoms in total. The van der Waals surface area contributed by atoms with Gasteiger partial charge in [0.25, 0.3) is 0 Å². The van der Waals surface area contributed by atoms with E-state index in [4.69, 9.17) is 14.5 Å². The van der Waals surface area contributed by atoms with E-state index in [1.807, 2.05) is 30.0 Å². The van der Waals surface area contributed by atoms with E-state index >= 15 is 0 Å². The fraction of sp³-hybridized carbons (Fsp3) is 0.632. The molecule has 2 N–H and O–H groups in total. The molecule has 1 saturated heterocycles. The normalized spacial score (nSPS) is 16.5. The van der Waals surface area contributed by atoms with Crippen LogP contribution in [-0.4, -0.2) is 49.9 Å². The molecular formula is C19H32IN3O2S. The maximum absolute atomic E-state index is 5.56. The standard InChI is InChI=1S/C19H31N3O2S.HI/c1-4-20-18(21-14-16-8-6-7-9-17(16)23-3)22-15-19(25-5-2)10-12-24-13-11-19;/h6-9H,4-5,10-15H2,1-3H3,(H2,20,21,22);1H. The van der Waals surface area contributed by atoms with Crippen LogP contribution in [0.1, 0.15) is 32.3 Å². The van der Waals surface area contributed by atoms with E-state index in [1.165, 1.54) is 0 Å². The van der Waals surface area contributed by atoms with Crippen LogP contribution in [0.15, 0.2) is 29.3 Å². The first-order valence-corrected chi connectivity index (χ1v) is 10.1. The zero-order valence-corrected chi connectivity index (χ0v) is 19.2. The molecule has 1 aromatic carbocycles. The van der Waals surface area contributed by atoms with Gasteiger partial charge in [0.05, 0.1) is 13.7 Å². The minimum absolute atomic E-state index is 0. The molecule has 26 heavy (non-hydrogen) atoms.